The number of carbonyl (C=O) groups excluding carboxylic acids is 1. The first-order valence-electron chi connectivity index (χ1n) is 9.04. The van der Waals surface area contributed by atoms with Crippen LogP contribution in [0.3, 0.4) is 0 Å². The first-order valence-corrected chi connectivity index (χ1v) is 9.92. The van der Waals surface area contributed by atoms with Gasteiger partial charge >= 0.3 is 0 Å². The number of imidazole rings is 1. The Morgan fingerprint density at radius 3 is 2.68 bits per heavy atom. The van der Waals surface area contributed by atoms with Crippen molar-refractivity contribution in [2.75, 3.05) is 7.11 Å². The van der Waals surface area contributed by atoms with Crippen molar-refractivity contribution in [1.82, 2.24) is 14.5 Å². The van der Waals surface area contributed by atoms with Crippen molar-refractivity contribution < 1.29 is 9.53 Å². The predicted octanol–water partition coefficient (Wildman–Crippen LogP) is 5.03. The molecule has 4 aromatic rings. The number of fused-ring (bicyclic) bond motifs is 1. The third-order valence-corrected chi connectivity index (χ3v) is 5.83. The molecule has 2 heterocycles. The predicted molar refractivity (Wildman–Crippen MR) is 113 cm³/mol. The van der Waals surface area contributed by atoms with E-state index in [1.807, 2.05) is 73.1 Å². The zero-order valence-corrected chi connectivity index (χ0v) is 16.8. The summed E-state index contributed by atoms with van der Waals surface area (Å²) in [4.78, 5) is 21.0. The number of Topliss-reactive ketones (excluding diaryl/α,β-unsaturated/α-hetero) is 1. The van der Waals surface area contributed by atoms with Gasteiger partial charge in [0.05, 0.1) is 12.4 Å². The van der Waals surface area contributed by atoms with Crippen LogP contribution in [0.2, 0.25) is 0 Å². The van der Waals surface area contributed by atoms with Gasteiger partial charge in [-0.1, -0.05) is 30.0 Å². The first-order chi connectivity index (χ1) is 13.6. The Kier molecular flexibility index (Phi) is 4.96. The third-order valence-electron chi connectivity index (χ3n) is 4.75. The van der Waals surface area contributed by atoms with Gasteiger partial charge in [0.25, 0.3) is 0 Å². The summed E-state index contributed by atoms with van der Waals surface area (Å²) in [6.45, 7) is 3.88. The number of benzene rings is 2. The molecule has 28 heavy (non-hydrogen) atoms. The largest absolute Gasteiger partial charge is 0.497 e. The molecule has 5 nitrogen and oxygen atoms in total. The van der Waals surface area contributed by atoms with Crippen LogP contribution in [0.1, 0.15) is 23.0 Å². The van der Waals surface area contributed by atoms with Gasteiger partial charge in [0.1, 0.15) is 5.75 Å². The lowest BCUT2D eigenvalue weighted by atomic mass is 10.1. The molecule has 0 aliphatic heterocycles. The maximum Gasteiger partial charge on any atom is 0.178 e. The van der Waals surface area contributed by atoms with Crippen molar-refractivity contribution in [3.63, 3.8) is 0 Å². The van der Waals surface area contributed by atoms with Crippen molar-refractivity contribution >= 4 is 28.4 Å². The van der Waals surface area contributed by atoms with Gasteiger partial charge in [0.2, 0.25) is 0 Å². The fourth-order valence-electron chi connectivity index (χ4n) is 3.33. The standard InChI is InChI=1S/C22H21N3O2S/c1-14-20(18-6-4-5-7-19(18)24-14)21(26)15(2)28-22-23-12-13-25(22)16-8-10-17(27-3)11-9-16/h4-13,15,24H,1-3H3/t15-/m0/s1. The van der Waals surface area contributed by atoms with Gasteiger partial charge < -0.3 is 9.72 Å². The molecule has 142 valence electrons. The normalized spacial score (nSPS) is 12.2. The molecular weight excluding hydrogens is 370 g/mol. The van der Waals surface area contributed by atoms with E-state index in [4.69, 9.17) is 4.74 Å². The molecule has 2 aromatic carbocycles. The number of carbonyl (C=O) groups is 1. The van der Waals surface area contributed by atoms with Crippen molar-refractivity contribution in [2.24, 2.45) is 0 Å². The van der Waals surface area contributed by atoms with E-state index >= 15 is 0 Å². The molecular formula is C22H21N3O2S. The second-order valence-corrected chi connectivity index (χ2v) is 7.88. The summed E-state index contributed by atoms with van der Waals surface area (Å²) >= 11 is 1.46. The molecule has 0 saturated carbocycles. The Labute approximate surface area is 167 Å². The summed E-state index contributed by atoms with van der Waals surface area (Å²) < 4.78 is 7.20. The van der Waals surface area contributed by atoms with Crippen molar-refractivity contribution in [1.29, 1.82) is 0 Å². The number of nitrogens with zero attached hydrogens (tertiary/aromatic N) is 2. The molecule has 0 spiro atoms. The van der Waals surface area contributed by atoms with E-state index in [2.05, 4.69) is 9.97 Å². The Morgan fingerprint density at radius 2 is 1.93 bits per heavy atom. The highest BCUT2D eigenvalue weighted by Gasteiger charge is 2.23. The summed E-state index contributed by atoms with van der Waals surface area (Å²) in [7, 11) is 1.65. The molecule has 1 N–H and O–H groups in total. The van der Waals surface area contributed by atoms with E-state index in [0.717, 1.165) is 38.8 Å². The summed E-state index contributed by atoms with van der Waals surface area (Å²) in [6, 6.07) is 15.7. The fourth-order valence-corrected chi connectivity index (χ4v) is 4.27. The minimum absolute atomic E-state index is 0.101. The summed E-state index contributed by atoms with van der Waals surface area (Å²) in [6.07, 6.45) is 3.65. The molecule has 0 radical (unpaired) electrons. The van der Waals surface area contributed by atoms with Crippen LogP contribution in [-0.4, -0.2) is 32.7 Å². The number of ketones is 1. The fraction of sp³-hybridized carbons (Fsp3) is 0.182. The maximum atomic E-state index is 13.2. The van der Waals surface area contributed by atoms with Gasteiger partial charge in [-0.15, -0.1) is 0 Å². The Morgan fingerprint density at radius 1 is 1.18 bits per heavy atom. The third kappa shape index (κ3) is 3.31. The van der Waals surface area contributed by atoms with Crippen LogP contribution in [0.5, 0.6) is 5.75 Å². The molecule has 0 aliphatic rings. The Hall–Kier alpha value is -2.99. The molecule has 0 amide bonds. The molecule has 2 aromatic heterocycles. The van der Waals surface area contributed by atoms with Crippen LogP contribution in [0.25, 0.3) is 16.6 Å². The lowest BCUT2D eigenvalue weighted by Gasteiger charge is -2.13. The van der Waals surface area contributed by atoms with E-state index in [-0.39, 0.29) is 11.0 Å². The quantitative estimate of drug-likeness (QED) is 0.370. The molecule has 6 heteroatoms. The minimum Gasteiger partial charge on any atom is -0.497 e. The smallest absolute Gasteiger partial charge is 0.178 e. The number of methoxy groups -OCH3 is 1. The van der Waals surface area contributed by atoms with Crippen LogP contribution in [0, 0.1) is 6.92 Å². The molecule has 0 unspecified atom stereocenters. The van der Waals surface area contributed by atoms with E-state index in [1.54, 1.807) is 13.3 Å². The van der Waals surface area contributed by atoms with Gasteiger partial charge in [0.15, 0.2) is 10.9 Å². The molecule has 0 bridgehead atoms. The number of aryl methyl sites for hydroxylation is 1. The Balaban J connectivity index is 1.60. The second-order valence-electron chi connectivity index (χ2n) is 6.57. The summed E-state index contributed by atoms with van der Waals surface area (Å²) in [5, 5.41) is 1.48. The van der Waals surface area contributed by atoms with E-state index < -0.39 is 0 Å². The van der Waals surface area contributed by atoms with E-state index in [0.29, 0.717) is 0 Å². The monoisotopic (exact) mass is 391 g/mol. The number of hydrogen-bond acceptors (Lipinski definition) is 4. The number of H-pyrrole nitrogens is 1. The second kappa shape index (κ2) is 7.56. The lowest BCUT2D eigenvalue weighted by molar-refractivity contribution is 0.0995. The zero-order chi connectivity index (χ0) is 19.7. The van der Waals surface area contributed by atoms with Gasteiger partial charge in [-0.2, -0.15) is 0 Å². The Bertz CT molecular complexity index is 1130. The van der Waals surface area contributed by atoms with Crippen molar-refractivity contribution in [2.45, 2.75) is 24.3 Å². The van der Waals surface area contributed by atoms with Crippen molar-refractivity contribution in [3.05, 3.63) is 72.2 Å². The van der Waals surface area contributed by atoms with Gasteiger partial charge in [-0.3, -0.25) is 9.36 Å². The number of aromatic amines is 1. The first kappa shape index (κ1) is 18.4. The van der Waals surface area contributed by atoms with Crippen LogP contribution in [0.4, 0.5) is 0 Å². The number of rotatable bonds is 6. The van der Waals surface area contributed by atoms with E-state index in [1.165, 1.54) is 11.8 Å². The number of para-hydroxylation sites is 1. The number of aromatic nitrogens is 3. The van der Waals surface area contributed by atoms with E-state index in [9.17, 15) is 4.79 Å². The molecule has 0 aliphatic carbocycles. The number of nitrogens with one attached hydrogen (secondary N) is 1. The van der Waals surface area contributed by atoms with Gasteiger partial charge in [0, 0.05) is 40.2 Å². The SMILES string of the molecule is COc1ccc(-n2ccnc2S[C@@H](C)C(=O)c2c(C)[nH]c3ccccc23)cc1. The maximum absolute atomic E-state index is 13.2. The van der Waals surface area contributed by atoms with Gasteiger partial charge in [-0.25, -0.2) is 4.98 Å². The minimum atomic E-state index is -0.266. The number of hydrogen-bond donors (Lipinski definition) is 1. The number of ether oxygens (including phenoxy) is 1. The number of thioether (sulfide) groups is 1. The molecule has 0 fully saturated rings. The average Bonchev–Trinajstić information content (AvgIpc) is 3.30. The van der Waals surface area contributed by atoms with Crippen LogP contribution in [0.15, 0.2) is 66.1 Å². The molecule has 4 rings (SSSR count). The van der Waals surface area contributed by atoms with Crippen LogP contribution in [-0.2, 0) is 0 Å². The zero-order valence-electron chi connectivity index (χ0n) is 16.0. The van der Waals surface area contributed by atoms with Crippen LogP contribution < -0.4 is 4.74 Å². The average molecular weight is 391 g/mol. The molecule has 1 atom stereocenters. The highest BCUT2D eigenvalue weighted by atomic mass is 32.2. The summed E-state index contributed by atoms with van der Waals surface area (Å²) in [5.41, 5.74) is 3.62. The lowest BCUT2D eigenvalue weighted by Crippen LogP contribution is -2.15. The highest BCUT2D eigenvalue weighted by Crippen LogP contribution is 2.30. The van der Waals surface area contributed by atoms with Gasteiger partial charge in [-0.05, 0) is 44.2 Å². The highest BCUT2D eigenvalue weighted by molar-refractivity contribution is 8.00. The molecule has 0 saturated heterocycles. The van der Waals surface area contributed by atoms with Crippen molar-refractivity contribution in [3.8, 4) is 11.4 Å². The van der Waals surface area contributed by atoms with Crippen LogP contribution >= 0.6 is 11.8 Å². The topological polar surface area (TPSA) is 59.9 Å². The summed E-state index contributed by atoms with van der Waals surface area (Å²) in [5.74, 6) is 0.903.